The number of nitrogens with two attached hydrogens (primary N) is 1. The molecule has 0 bridgehead atoms. The van der Waals surface area contributed by atoms with Gasteiger partial charge < -0.3 is 11.1 Å². The van der Waals surface area contributed by atoms with E-state index in [0.717, 1.165) is 16.9 Å². The van der Waals surface area contributed by atoms with Gasteiger partial charge in [-0.05, 0) is 29.9 Å². The van der Waals surface area contributed by atoms with Crippen LogP contribution < -0.4 is 11.1 Å². The van der Waals surface area contributed by atoms with Gasteiger partial charge in [0.15, 0.2) is 3.95 Å². The van der Waals surface area contributed by atoms with Crippen molar-refractivity contribution in [3.8, 4) is 5.69 Å². The molecule has 2 aromatic carbocycles. The van der Waals surface area contributed by atoms with Crippen LogP contribution >= 0.6 is 23.6 Å². The molecule has 0 atom stereocenters. The van der Waals surface area contributed by atoms with Crippen molar-refractivity contribution in [1.82, 2.24) is 9.88 Å². The molecule has 122 valence electrons. The fourth-order valence-corrected chi connectivity index (χ4v) is 3.54. The summed E-state index contributed by atoms with van der Waals surface area (Å²) in [6, 6.07) is 15.7. The second-order valence-corrected chi connectivity index (χ2v) is 6.68. The SMILES string of the molecule is Nc1c(C(=O)NCc2ccccc2)sc(=S)n1-c1ccccc1F. The standard InChI is InChI=1S/C17H14FN3OS2/c18-12-8-4-5-9-13(12)21-15(19)14(24-17(21)23)16(22)20-10-11-6-2-1-3-7-11/h1-9H,10,19H2,(H,20,22). The maximum atomic E-state index is 14.0. The maximum absolute atomic E-state index is 14.0. The lowest BCUT2D eigenvalue weighted by Gasteiger charge is -2.08. The first kappa shape index (κ1) is 16.4. The first-order chi connectivity index (χ1) is 11.6. The molecule has 24 heavy (non-hydrogen) atoms. The lowest BCUT2D eigenvalue weighted by Crippen LogP contribution is -2.23. The van der Waals surface area contributed by atoms with Crippen molar-refractivity contribution in [3.63, 3.8) is 0 Å². The van der Waals surface area contributed by atoms with Crippen LogP contribution in [0.25, 0.3) is 5.69 Å². The molecule has 0 aliphatic carbocycles. The van der Waals surface area contributed by atoms with E-state index in [4.69, 9.17) is 18.0 Å². The maximum Gasteiger partial charge on any atom is 0.265 e. The second kappa shape index (κ2) is 6.94. The number of hydrogen-bond donors (Lipinski definition) is 2. The van der Waals surface area contributed by atoms with Gasteiger partial charge in [-0.1, -0.05) is 53.8 Å². The molecule has 3 rings (SSSR count). The number of nitrogens with zero attached hydrogens (tertiary/aromatic N) is 1. The number of nitrogens with one attached hydrogen (secondary N) is 1. The van der Waals surface area contributed by atoms with E-state index >= 15 is 0 Å². The van der Waals surface area contributed by atoms with Gasteiger partial charge >= 0.3 is 0 Å². The zero-order valence-electron chi connectivity index (χ0n) is 12.5. The zero-order chi connectivity index (χ0) is 17.1. The highest BCUT2D eigenvalue weighted by Crippen LogP contribution is 2.27. The third kappa shape index (κ3) is 3.22. The molecule has 0 fully saturated rings. The Kier molecular flexibility index (Phi) is 4.73. The largest absolute Gasteiger partial charge is 0.383 e. The molecule has 0 saturated carbocycles. The molecule has 0 spiro atoms. The fourth-order valence-electron chi connectivity index (χ4n) is 2.27. The lowest BCUT2D eigenvalue weighted by molar-refractivity contribution is 0.0955. The van der Waals surface area contributed by atoms with E-state index in [1.165, 1.54) is 10.6 Å². The van der Waals surface area contributed by atoms with Crippen LogP contribution in [0, 0.1) is 9.77 Å². The summed E-state index contributed by atoms with van der Waals surface area (Å²) in [7, 11) is 0. The van der Waals surface area contributed by atoms with Gasteiger partial charge in [0.25, 0.3) is 5.91 Å². The monoisotopic (exact) mass is 359 g/mol. The van der Waals surface area contributed by atoms with E-state index in [-0.39, 0.29) is 22.3 Å². The summed E-state index contributed by atoms with van der Waals surface area (Å²) >= 11 is 6.32. The molecule has 1 heterocycles. The predicted octanol–water partition coefficient (Wildman–Crippen LogP) is 3.92. The number of benzene rings is 2. The first-order valence-corrected chi connectivity index (χ1v) is 8.38. The van der Waals surface area contributed by atoms with Crippen LogP contribution in [-0.2, 0) is 6.54 Å². The Morgan fingerprint density at radius 3 is 2.54 bits per heavy atom. The van der Waals surface area contributed by atoms with E-state index in [1.54, 1.807) is 18.2 Å². The van der Waals surface area contributed by atoms with Gasteiger partial charge in [-0.3, -0.25) is 9.36 Å². The van der Waals surface area contributed by atoms with Gasteiger partial charge in [-0.15, -0.1) is 0 Å². The summed E-state index contributed by atoms with van der Waals surface area (Å²) in [6.07, 6.45) is 0. The summed E-state index contributed by atoms with van der Waals surface area (Å²) in [6.45, 7) is 0.378. The zero-order valence-corrected chi connectivity index (χ0v) is 14.2. The fraction of sp³-hybridized carbons (Fsp3) is 0.0588. The Labute approximate surface area is 147 Å². The number of thiazole rings is 1. The Morgan fingerprint density at radius 2 is 1.83 bits per heavy atom. The topological polar surface area (TPSA) is 60.1 Å². The molecule has 0 radical (unpaired) electrons. The number of hydrogen-bond acceptors (Lipinski definition) is 4. The van der Waals surface area contributed by atoms with Crippen molar-refractivity contribution in [2.45, 2.75) is 6.54 Å². The van der Waals surface area contributed by atoms with Crippen molar-refractivity contribution in [3.05, 3.63) is 74.8 Å². The van der Waals surface area contributed by atoms with E-state index in [1.807, 2.05) is 30.3 Å². The van der Waals surface area contributed by atoms with Crippen LogP contribution in [0.4, 0.5) is 10.2 Å². The van der Waals surface area contributed by atoms with Gasteiger partial charge in [0.1, 0.15) is 16.5 Å². The third-order valence-electron chi connectivity index (χ3n) is 3.44. The van der Waals surface area contributed by atoms with Crippen LogP contribution in [-0.4, -0.2) is 10.5 Å². The quantitative estimate of drug-likeness (QED) is 0.694. The van der Waals surface area contributed by atoms with E-state index in [0.29, 0.717) is 10.5 Å². The normalized spacial score (nSPS) is 10.5. The summed E-state index contributed by atoms with van der Waals surface area (Å²) in [4.78, 5) is 12.7. The Balaban J connectivity index is 1.88. The van der Waals surface area contributed by atoms with Gasteiger partial charge in [0.2, 0.25) is 0 Å². The number of halogens is 1. The van der Waals surface area contributed by atoms with Crippen molar-refractivity contribution in [2.75, 3.05) is 5.73 Å². The van der Waals surface area contributed by atoms with Crippen molar-refractivity contribution in [2.24, 2.45) is 0 Å². The highest BCUT2D eigenvalue weighted by molar-refractivity contribution is 7.73. The Bertz CT molecular complexity index is 935. The minimum absolute atomic E-state index is 0.140. The van der Waals surface area contributed by atoms with Gasteiger partial charge in [0, 0.05) is 6.54 Å². The average Bonchev–Trinajstić information content (AvgIpc) is 2.89. The molecule has 1 amide bonds. The number of para-hydroxylation sites is 1. The number of anilines is 1. The van der Waals surface area contributed by atoms with E-state index < -0.39 is 5.82 Å². The molecule has 7 heteroatoms. The predicted molar refractivity (Wildman–Crippen MR) is 96.5 cm³/mol. The highest BCUT2D eigenvalue weighted by atomic mass is 32.1. The second-order valence-electron chi connectivity index (χ2n) is 5.04. The molecule has 0 aliphatic heterocycles. The minimum Gasteiger partial charge on any atom is -0.383 e. The molecular weight excluding hydrogens is 345 g/mol. The third-order valence-corrected chi connectivity index (χ3v) is 4.83. The van der Waals surface area contributed by atoms with Crippen LogP contribution in [0.3, 0.4) is 0 Å². The Morgan fingerprint density at radius 1 is 1.17 bits per heavy atom. The highest BCUT2D eigenvalue weighted by Gasteiger charge is 2.19. The van der Waals surface area contributed by atoms with Crippen molar-refractivity contribution in [1.29, 1.82) is 0 Å². The van der Waals surface area contributed by atoms with Crippen LogP contribution in [0.1, 0.15) is 15.2 Å². The number of nitrogen functional groups attached to an aromatic ring is 1. The number of carbonyl (C=O) groups excluding carboxylic acids is 1. The number of carbonyl (C=O) groups is 1. The van der Waals surface area contributed by atoms with Crippen molar-refractivity contribution >= 4 is 35.3 Å². The lowest BCUT2D eigenvalue weighted by atomic mass is 10.2. The van der Waals surface area contributed by atoms with Crippen LogP contribution in [0.5, 0.6) is 0 Å². The summed E-state index contributed by atoms with van der Waals surface area (Å²) in [5.74, 6) is -0.641. The average molecular weight is 359 g/mol. The van der Waals surface area contributed by atoms with Gasteiger partial charge in [0.05, 0.1) is 5.69 Å². The number of aromatic nitrogens is 1. The number of amides is 1. The molecule has 0 aliphatic rings. The van der Waals surface area contributed by atoms with Crippen LogP contribution in [0.15, 0.2) is 54.6 Å². The number of rotatable bonds is 4. The minimum atomic E-state index is -0.450. The van der Waals surface area contributed by atoms with E-state index in [9.17, 15) is 9.18 Å². The summed E-state index contributed by atoms with van der Waals surface area (Å²) in [5, 5.41) is 2.80. The Hall–Kier alpha value is -2.51. The summed E-state index contributed by atoms with van der Waals surface area (Å²) in [5.41, 5.74) is 7.26. The molecule has 3 aromatic rings. The molecule has 3 N–H and O–H groups in total. The molecule has 4 nitrogen and oxygen atoms in total. The molecule has 1 aromatic heterocycles. The smallest absolute Gasteiger partial charge is 0.265 e. The molecular formula is C17H14FN3OS2. The van der Waals surface area contributed by atoms with Crippen molar-refractivity contribution < 1.29 is 9.18 Å². The van der Waals surface area contributed by atoms with E-state index in [2.05, 4.69) is 5.32 Å². The molecule has 0 saturated heterocycles. The van der Waals surface area contributed by atoms with Crippen LogP contribution in [0.2, 0.25) is 0 Å². The molecule has 0 unspecified atom stereocenters. The van der Waals surface area contributed by atoms with Gasteiger partial charge in [-0.2, -0.15) is 0 Å². The summed E-state index contributed by atoms with van der Waals surface area (Å²) < 4.78 is 15.7. The van der Waals surface area contributed by atoms with Gasteiger partial charge in [-0.25, -0.2) is 4.39 Å². The first-order valence-electron chi connectivity index (χ1n) is 7.16.